The number of carbonyl (C=O) groups is 1. The van der Waals surface area contributed by atoms with Crippen molar-refractivity contribution in [1.82, 2.24) is 10.2 Å². The monoisotopic (exact) mass is 250 g/mol. The molecular formula is C14H22N2O2. The third-order valence-corrected chi connectivity index (χ3v) is 3.33. The van der Waals surface area contributed by atoms with Gasteiger partial charge < -0.3 is 14.6 Å². The number of carbonyl (C=O) groups excluding carboxylic acids is 1. The van der Waals surface area contributed by atoms with Gasteiger partial charge in [-0.15, -0.1) is 0 Å². The Kier molecular flexibility index (Phi) is 4.42. The Hall–Kier alpha value is -1.29. The molecule has 1 atom stereocenters. The number of piperazine rings is 1. The highest BCUT2D eigenvalue weighted by atomic mass is 16.3. The van der Waals surface area contributed by atoms with Gasteiger partial charge in [0.15, 0.2) is 0 Å². The minimum Gasteiger partial charge on any atom is -0.466 e. The zero-order valence-corrected chi connectivity index (χ0v) is 11.2. The van der Waals surface area contributed by atoms with Gasteiger partial charge in [-0.1, -0.05) is 0 Å². The first kappa shape index (κ1) is 13.1. The van der Waals surface area contributed by atoms with Crippen LogP contribution in [-0.2, 0) is 11.2 Å². The van der Waals surface area contributed by atoms with Gasteiger partial charge in [-0.2, -0.15) is 0 Å². The smallest absolute Gasteiger partial charge is 0.222 e. The second-order valence-electron chi connectivity index (χ2n) is 5.06. The van der Waals surface area contributed by atoms with E-state index in [1.165, 1.54) is 0 Å². The van der Waals surface area contributed by atoms with E-state index in [1.54, 1.807) is 0 Å². The van der Waals surface area contributed by atoms with E-state index in [0.717, 1.165) is 44.0 Å². The molecule has 1 unspecified atom stereocenters. The molecule has 2 heterocycles. The Balaban J connectivity index is 1.71. The number of hydrogen-bond donors (Lipinski definition) is 1. The molecular weight excluding hydrogens is 228 g/mol. The van der Waals surface area contributed by atoms with E-state index in [0.29, 0.717) is 12.5 Å². The quantitative estimate of drug-likeness (QED) is 0.885. The van der Waals surface area contributed by atoms with Gasteiger partial charge >= 0.3 is 0 Å². The number of amides is 1. The van der Waals surface area contributed by atoms with Crippen LogP contribution in [0.25, 0.3) is 0 Å². The predicted molar refractivity (Wildman–Crippen MR) is 70.4 cm³/mol. The maximum Gasteiger partial charge on any atom is 0.222 e. The maximum absolute atomic E-state index is 12.0. The normalized spacial score (nSPS) is 20.1. The maximum atomic E-state index is 12.0. The average molecular weight is 250 g/mol. The third kappa shape index (κ3) is 3.60. The van der Waals surface area contributed by atoms with Gasteiger partial charge in [0.2, 0.25) is 5.91 Å². The van der Waals surface area contributed by atoms with Crippen molar-refractivity contribution in [2.24, 2.45) is 0 Å². The summed E-state index contributed by atoms with van der Waals surface area (Å²) in [6.45, 7) is 6.63. The lowest BCUT2D eigenvalue weighted by Crippen LogP contribution is -2.51. The minimum atomic E-state index is 0.270. The molecule has 1 fully saturated rings. The molecule has 0 radical (unpaired) electrons. The van der Waals surface area contributed by atoms with Crippen LogP contribution in [0.3, 0.4) is 0 Å². The SMILES string of the molecule is Cc1ccc(CCCC(=O)N2CCNC(C)C2)o1. The molecule has 1 aromatic heterocycles. The highest BCUT2D eigenvalue weighted by molar-refractivity contribution is 5.76. The Labute approximate surface area is 108 Å². The van der Waals surface area contributed by atoms with Crippen LogP contribution in [0.15, 0.2) is 16.5 Å². The predicted octanol–water partition coefficient (Wildman–Crippen LogP) is 1.73. The summed E-state index contributed by atoms with van der Waals surface area (Å²) in [7, 11) is 0. The Morgan fingerprint density at radius 2 is 2.39 bits per heavy atom. The molecule has 100 valence electrons. The molecule has 0 spiro atoms. The number of nitrogens with one attached hydrogen (secondary N) is 1. The molecule has 0 saturated carbocycles. The summed E-state index contributed by atoms with van der Waals surface area (Å²) in [6, 6.07) is 4.37. The van der Waals surface area contributed by atoms with Crippen LogP contribution in [-0.4, -0.2) is 36.5 Å². The number of rotatable bonds is 4. The first-order valence-corrected chi connectivity index (χ1v) is 6.71. The van der Waals surface area contributed by atoms with E-state index >= 15 is 0 Å². The van der Waals surface area contributed by atoms with Crippen LogP contribution in [0.5, 0.6) is 0 Å². The highest BCUT2D eigenvalue weighted by Crippen LogP contribution is 2.11. The molecule has 1 saturated heterocycles. The van der Waals surface area contributed by atoms with Gasteiger partial charge in [0.1, 0.15) is 11.5 Å². The first-order chi connectivity index (χ1) is 8.65. The zero-order chi connectivity index (χ0) is 13.0. The number of furan rings is 1. The van der Waals surface area contributed by atoms with Crippen molar-refractivity contribution < 1.29 is 9.21 Å². The molecule has 1 aliphatic heterocycles. The Bertz CT molecular complexity index is 400. The van der Waals surface area contributed by atoms with E-state index in [4.69, 9.17) is 4.42 Å². The van der Waals surface area contributed by atoms with Crippen LogP contribution in [0.4, 0.5) is 0 Å². The van der Waals surface area contributed by atoms with Crippen molar-refractivity contribution in [3.05, 3.63) is 23.7 Å². The average Bonchev–Trinajstić information content (AvgIpc) is 2.75. The topological polar surface area (TPSA) is 45.5 Å². The Morgan fingerprint density at radius 1 is 1.56 bits per heavy atom. The van der Waals surface area contributed by atoms with E-state index in [2.05, 4.69) is 12.2 Å². The largest absolute Gasteiger partial charge is 0.466 e. The second kappa shape index (κ2) is 6.05. The fraction of sp³-hybridized carbons (Fsp3) is 0.643. The summed E-state index contributed by atoms with van der Waals surface area (Å²) in [5.41, 5.74) is 0. The van der Waals surface area contributed by atoms with Crippen molar-refractivity contribution in [3.63, 3.8) is 0 Å². The zero-order valence-electron chi connectivity index (χ0n) is 11.2. The minimum absolute atomic E-state index is 0.270. The van der Waals surface area contributed by atoms with Gasteiger partial charge in [0.25, 0.3) is 0 Å². The van der Waals surface area contributed by atoms with Crippen LogP contribution in [0.1, 0.15) is 31.3 Å². The van der Waals surface area contributed by atoms with E-state index < -0.39 is 0 Å². The summed E-state index contributed by atoms with van der Waals surface area (Å²) in [6.07, 6.45) is 2.33. The van der Waals surface area contributed by atoms with Gasteiger partial charge in [0, 0.05) is 38.5 Å². The van der Waals surface area contributed by atoms with E-state index in [1.807, 2.05) is 24.0 Å². The number of hydrogen-bond acceptors (Lipinski definition) is 3. The van der Waals surface area contributed by atoms with Crippen LogP contribution < -0.4 is 5.32 Å². The van der Waals surface area contributed by atoms with Crippen molar-refractivity contribution >= 4 is 5.91 Å². The van der Waals surface area contributed by atoms with Crippen LogP contribution in [0.2, 0.25) is 0 Å². The lowest BCUT2D eigenvalue weighted by Gasteiger charge is -2.32. The molecule has 0 bridgehead atoms. The van der Waals surface area contributed by atoms with Crippen molar-refractivity contribution in [3.8, 4) is 0 Å². The number of nitrogens with zero attached hydrogens (tertiary/aromatic N) is 1. The second-order valence-corrected chi connectivity index (χ2v) is 5.06. The highest BCUT2D eigenvalue weighted by Gasteiger charge is 2.19. The molecule has 4 heteroatoms. The van der Waals surface area contributed by atoms with Gasteiger partial charge in [-0.3, -0.25) is 4.79 Å². The molecule has 1 aromatic rings. The van der Waals surface area contributed by atoms with Gasteiger partial charge in [-0.25, -0.2) is 0 Å². The molecule has 1 amide bonds. The van der Waals surface area contributed by atoms with Gasteiger partial charge in [0.05, 0.1) is 0 Å². The summed E-state index contributed by atoms with van der Waals surface area (Å²) in [5.74, 6) is 2.19. The molecule has 0 aliphatic carbocycles. The van der Waals surface area contributed by atoms with Gasteiger partial charge in [-0.05, 0) is 32.4 Å². The summed E-state index contributed by atoms with van der Waals surface area (Å²) in [5, 5.41) is 3.34. The molecule has 4 nitrogen and oxygen atoms in total. The van der Waals surface area contributed by atoms with E-state index in [9.17, 15) is 4.79 Å². The fourth-order valence-electron chi connectivity index (χ4n) is 2.35. The fourth-order valence-corrected chi connectivity index (χ4v) is 2.35. The first-order valence-electron chi connectivity index (χ1n) is 6.71. The Morgan fingerprint density at radius 3 is 3.06 bits per heavy atom. The van der Waals surface area contributed by atoms with Crippen LogP contribution in [0, 0.1) is 6.92 Å². The van der Waals surface area contributed by atoms with Crippen molar-refractivity contribution in [2.45, 2.75) is 39.2 Å². The molecule has 18 heavy (non-hydrogen) atoms. The third-order valence-electron chi connectivity index (χ3n) is 3.33. The van der Waals surface area contributed by atoms with Crippen LogP contribution >= 0.6 is 0 Å². The van der Waals surface area contributed by atoms with E-state index in [-0.39, 0.29) is 5.91 Å². The summed E-state index contributed by atoms with van der Waals surface area (Å²) < 4.78 is 5.49. The molecule has 1 aliphatic rings. The lowest BCUT2D eigenvalue weighted by molar-refractivity contribution is -0.132. The van der Waals surface area contributed by atoms with Crippen molar-refractivity contribution in [2.75, 3.05) is 19.6 Å². The lowest BCUT2D eigenvalue weighted by atomic mass is 10.1. The van der Waals surface area contributed by atoms with Crippen molar-refractivity contribution in [1.29, 1.82) is 0 Å². The molecule has 0 aromatic carbocycles. The molecule has 1 N–H and O–H groups in total. The standard InChI is InChI=1S/C14H22N2O2/c1-11-10-16(9-8-15-11)14(17)5-3-4-13-7-6-12(2)18-13/h6-7,11,15H,3-5,8-10H2,1-2H3. The molecule has 2 rings (SSSR count). The summed E-state index contributed by atoms with van der Waals surface area (Å²) >= 11 is 0. The summed E-state index contributed by atoms with van der Waals surface area (Å²) in [4.78, 5) is 14.0. The number of aryl methyl sites for hydroxylation is 2.